The van der Waals surface area contributed by atoms with Gasteiger partial charge >= 0.3 is 0 Å². The number of aryl methyl sites for hydroxylation is 5. The van der Waals surface area contributed by atoms with Gasteiger partial charge in [0, 0.05) is 85.4 Å². The van der Waals surface area contributed by atoms with Crippen molar-refractivity contribution in [3.63, 3.8) is 0 Å². The first-order valence-corrected chi connectivity index (χ1v) is 52.4. The highest BCUT2D eigenvalue weighted by Gasteiger charge is 2.41. The summed E-state index contributed by atoms with van der Waals surface area (Å²) in [6.07, 6.45) is 0. The van der Waals surface area contributed by atoms with E-state index in [1.807, 2.05) is 41.7 Å². The molecule has 4 aromatic heterocycles. The van der Waals surface area contributed by atoms with Crippen LogP contribution in [0.4, 0.5) is 0 Å². The molecule has 4 heterocycles. The Morgan fingerprint density at radius 1 is 0.190 bits per heavy atom. The second kappa shape index (κ2) is 35.9. The first-order chi connectivity index (χ1) is 71.4. The Morgan fingerprint density at radius 3 is 1.10 bits per heavy atom. The van der Waals surface area contributed by atoms with E-state index in [4.69, 9.17) is 8.83 Å². The van der Waals surface area contributed by atoms with Crippen LogP contribution in [0.15, 0.2) is 458 Å². The molecule has 708 valence electrons. The van der Waals surface area contributed by atoms with Gasteiger partial charge in [0.05, 0.1) is 11.0 Å². The zero-order valence-electron chi connectivity index (χ0n) is 85.4. The van der Waals surface area contributed by atoms with Gasteiger partial charge in [-0.25, -0.2) is 0 Å². The average molecular weight is 1910 g/mol. The zero-order valence-corrected chi connectivity index (χ0v) is 86.2. The van der Waals surface area contributed by atoms with Crippen molar-refractivity contribution in [1.82, 2.24) is 4.57 Å². The lowest BCUT2D eigenvalue weighted by Gasteiger charge is -2.25. The van der Waals surface area contributed by atoms with Crippen LogP contribution in [0.1, 0.15) is 128 Å². The van der Waals surface area contributed by atoms with E-state index < -0.39 is 0 Å². The van der Waals surface area contributed by atoms with Gasteiger partial charge in [0.25, 0.3) is 0 Å². The normalized spacial score (nSPS) is 13.6. The minimum absolute atomic E-state index is 0.000132. The van der Waals surface area contributed by atoms with Crippen LogP contribution < -0.4 is 0 Å². The molecule has 4 heteroatoms. The summed E-state index contributed by atoms with van der Waals surface area (Å²) in [5.41, 5.74) is 54.2. The molecule has 0 radical (unpaired) electrons. The van der Waals surface area contributed by atoms with Crippen LogP contribution >= 0.6 is 11.3 Å². The average Bonchev–Trinajstić information content (AvgIpc) is 1.51. The third-order valence-corrected chi connectivity index (χ3v) is 33.3. The Kier molecular flexibility index (Phi) is 22.3. The highest BCUT2D eigenvalue weighted by Crippen LogP contribution is 2.57. The second-order valence-corrected chi connectivity index (χ2v) is 43.9. The molecule has 25 aromatic rings. The summed E-state index contributed by atoms with van der Waals surface area (Å²) in [6.45, 7) is 29.8. The maximum atomic E-state index is 6.24. The number of benzene rings is 21. The monoisotopic (exact) mass is 1910 g/mol. The number of furan rings is 2. The van der Waals surface area contributed by atoms with Crippen molar-refractivity contribution in [1.29, 1.82) is 0 Å². The van der Waals surface area contributed by atoms with E-state index >= 15 is 0 Å². The van der Waals surface area contributed by atoms with Gasteiger partial charge in [-0.3, -0.25) is 0 Å². The van der Waals surface area contributed by atoms with Crippen molar-refractivity contribution >= 4 is 97.2 Å². The van der Waals surface area contributed by atoms with Gasteiger partial charge in [-0.2, -0.15) is 0 Å². The van der Waals surface area contributed by atoms with Crippen molar-refractivity contribution in [3.05, 3.63) is 521 Å². The molecule has 0 saturated heterocycles. The minimum Gasteiger partial charge on any atom is -0.456 e. The Hall–Kier alpha value is -16.8. The highest BCUT2D eigenvalue weighted by molar-refractivity contribution is 7.25. The Bertz CT molecular complexity index is 9370. The number of rotatable bonds is 8. The highest BCUT2D eigenvalue weighted by atomic mass is 32.1. The summed E-state index contributed by atoms with van der Waals surface area (Å²) in [5, 5.41) is 9.99. The third-order valence-electron chi connectivity index (χ3n) is 32.2. The molecule has 4 aliphatic carbocycles. The van der Waals surface area contributed by atoms with E-state index in [1.165, 1.54) is 258 Å². The van der Waals surface area contributed by atoms with Crippen LogP contribution in [-0.2, 0) is 21.7 Å². The van der Waals surface area contributed by atoms with E-state index in [-0.39, 0.29) is 21.7 Å². The summed E-state index contributed by atoms with van der Waals surface area (Å²) in [5.74, 6) is 0. The van der Waals surface area contributed by atoms with Gasteiger partial charge < -0.3 is 13.4 Å². The molecule has 0 spiro atoms. The molecular weight excluding hydrogens is 1800 g/mol. The SMILES string of the molecule is Cc1ccc(-c2ccccc2)cc1-c1cccc2c1C(C)(C)c1ccccc1-2.Cc1ccc(-c2ccccc2)cc1-c1cccc2c1oc1ccccc12.Cc1ccc2c(c1)C(C)(C)c1cc(-c3ccc4c(c3)c3ccccc3n4-c3ccccc3)ccc1-2.Cc1ccc2c(c1)C(C)(C)c1cc(-c3ccc4oc5ccccc5c4c3)ccc1-2.Cc1ccc2c(c1)C(C)(C)c1cc(-c3ccc4sc5ccccc5c4c3)ccc1-2. The smallest absolute Gasteiger partial charge is 0.143 e. The second-order valence-electron chi connectivity index (χ2n) is 42.8. The van der Waals surface area contributed by atoms with Crippen LogP contribution in [-0.4, -0.2) is 4.57 Å². The molecule has 0 bridgehead atoms. The zero-order chi connectivity index (χ0) is 100. The van der Waals surface area contributed by atoms with E-state index in [1.54, 1.807) is 0 Å². The topological polar surface area (TPSA) is 31.2 Å². The number of hydrogen-bond acceptors (Lipinski definition) is 3. The Labute approximate surface area is 865 Å². The molecule has 29 rings (SSSR count). The van der Waals surface area contributed by atoms with Crippen molar-refractivity contribution in [2.45, 2.75) is 112 Å². The van der Waals surface area contributed by atoms with Gasteiger partial charge in [-0.05, 0) is 310 Å². The molecule has 21 aromatic carbocycles. The van der Waals surface area contributed by atoms with Gasteiger partial charge in [0.2, 0.25) is 0 Å². The van der Waals surface area contributed by atoms with E-state index in [9.17, 15) is 0 Å². The van der Waals surface area contributed by atoms with Crippen LogP contribution in [0.2, 0.25) is 0 Å². The summed E-state index contributed by atoms with van der Waals surface area (Å²) >= 11 is 1.88. The fourth-order valence-electron chi connectivity index (χ4n) is 24.4. The number of nitrogens with zero attached hydrogens (tertiary/aromatic N) is 1. The molecule has 0 atom stereocenters. The van der Waals surface area contributed by atoms with Gasteiger partial charge in [0.1, 0.15) is 22.3 Å². The molecule has 0 N–H and O–H groups in total. The molecule has 3 nitrogen and oxygen atoms in total. The molecule has 147 heavy (non-hydrogen) atoms. The predicted molar refractivity (Wildman–Crippen MR) is 626 cm³/mol. The lowest BCUT2D eigenvalue weighted by atomic mass is 9.78. The van der Waals surface area contributed by atoms with Crippen LogP contribution in [0, 0.1) is 34.6 Å². The first-order valence-electron chi connectivity index (χ1n) is 51.6. The maximum absolute atomic E-state index is 6.24. The number of thiophene rings is 1. The summed E-state index contributed by atoms with van der Waals surface area (Å²) in [7, 11) is 0. The largest absolute Gasteiger partial charge is 0.456 e. The fraction of sp³-hybridized carbons (Fsp3) is 0.119. The summed E-state index contributed by atoms with van der Waals surface area (Å²) in [6, 6.07) is 163. The first kappa shape index (κ1) is 91.4. The van der Waals surface area contributed by atoms with E-state index in [0.29, 0.717) is 0 Å². The lowest BCUT2D eigenvalue weighted by Crippen LogP contribution is -2.16. The van der Waals surface area contributed by atoms with Crippen molar-refractivity contribution in [2.75, 3.05) is 0 Å². The Balaban J connectivity index is 0.0000000960. The van der Waals surface area contributed by atoms with E-state index in [0.717, 1.165) is 27.9 Å². The number of aromatic nitrogens is 1. The predicted octanol–water partition coefficient (Wildman–Crippen LogP) is 40.1. The standard InChI is InChI=1S/C34H27N.C28H22O.C28H22S.C28H24.C25H18O/c1-22-13-16-26-27-17-14-24(21-31(27)34(2,3)30(26)19-22)23-15-18-33-29(20-23)28-11-7-8-12-32(28)35(33)25-9-5-4-6-10-25;2*1-17-8-11-20-21-12-9-19(16-25(21)28(2,3)24(20)14-17)18-10-13-27-23(15-18)22-6-4-5-7-26(22)29-27;1-19-16-17-21(20-10-5-4-6-11-20)18-25(19)24-14-9-13-23-22-12-7-8-15-26(22)28(2,3)27(23)24;1-17-14-15-19(18-8-3-2-4-9-18)16-23(17)22-12-7-11-21-20-10-5-6-13-24(20)26-25(21)22/h4-21H,1-3H3;2*4-16H,1-3H3;4-18H,1-3H3;2-16H,1H3. The third kappa shape index (κ3) is 15.7. The van der Waals surface area contributed by atoms with Gasteiger partial charge in [-0.15, -0.1) is 11.3 Å². The number of fused-ring (bicyclic) bond motifs is 24. The molecular formula is C143H113NO2S. The molecule has 4 aliphatic rings. The number of hydrogen-bond donors (Lipinski definition) is 0. The molecule has 0 saturated carbocycles. The Morgan fingerprint density at radius 2 is 0.537 bits per heavy atom. The summed E-state index contributed by atoms with van der Waals surface area (Å²) in [4.78, 5) is 0. The minimum atomic E-state index is -0.00227. The van der Waals surface area contributed by atoms with Crippen molar-refractivity contribution < 1.29 is 8.83 Å². The molecule has 0 aliphatic heterocycles. The molecule has 0 amide bonds. The van der Waals surface area contributed by atoms with E-state index in [2.05, 4.69) is 513 Å². The van der Waals surface area contributed by atoms with Gasteiger partial charge in [0.15, 0.2) is 0 Å². The van der Waals surface area contributed by atoms with Crippen molar-refractivity contribution in [3.8, 4) is 128 Å². The van der Waals surface area contributed by atoms with Crippen LogP contribution in [0.5, 0.6) is 0 Å². The van der Waals surface area contributed by atoms with Crippen molar-refractivity contribution in [2.24, 2.45) is 0 Å². The quantitative estimate of drug-likeness (QED) is 0.152. The number of para-hydroxylation sites is 5. The maximum Gasteiger partial charge on any atom is 0.143 e. The van der Waals surface area contributed by atoms with Gasteiger partial charge in [-0.1, -0.05) is 418 Å². The fourth-order valence-corrected chi connectivity index (χ4v) is 25.5. The van der Waals surface area contributed by atoms with Crippen LogP contribution in [0.25, 0.3) is 214 Å². The molecule has 0 fully saturated rings. The summed E-state index contributed by atoms with van der Waals surface area (Å²) < 4.78 is 17.3. The lowest BCUT2D eigenvalue weighted by molar-refractivity contribution is 0.660. The molecule has 0 unspecified atom stereocenters. The van der Waals surface area contributed by atoms with Crippen LogP contribution in [0.3, 0.4) is 0 Å².